The SMILES string of the molecule is OC(CNCc1ccc(-c2ccc3ccccc3c2)cc1)COCc1ccccc1F. The Kier molecular flexibility index (Phi) is 7.05. The standard InChI is InChI=1S/C27H26FNO2/c28-27-8-4-3-7-25(27)18-31-19-26(30)17-29-16-20-9-11-22(12-10-20)24-14-13-21-5-1-2-6-23(21)15-24/h1-15,26,29-30H,16-19H2. The first-order valence-electron chi connectivity index (χ1n) is 10.5. The van der Waals surface area contributed by atoms with E-state index in [1.165, 1.54) is 28.0 Å². The van der Waals surface area contributed by atoms with Crippen molar-refractivity contribution in [3.63, 3.8) is 0 Å². The lowest BCUT2D eigenvalue weighted by Gasteiger charge is -2.13. The summed E-state index contributed by atoms with van der Waals surface area (Å²) in [5.41, 5.74) is 4.01. The Balaban J connectivity index is 1.23. The number of ether oxygens (including phenoxy) is 1. The molecule has 0 heterocycles. The molecule has 0 saturated carbocycles. The van der Waals surface area contributed by atoms with E-state index in [1.807, 2.05) is 0 Å². The van der Waals surface area contributed by atoms with Gasteiger partial charge in [-0.05, 0) is 39.6 Å². The van der Waals surface area contributed by atoms with Crippen molar-refractivity contribution in [2.45, 2.75) is 19.3 Å². The second kappa shape index (κ2) is 10.3. The molecular weight excluding hydrogens is 389 g/mol. The molecule has 0 bridgehead atoms. The highest BCUT2D eigenvalue weighted by Gasteiger charge is 2.06. The third-order valence-corrected chi connectivity index (χ3v) is 5.27. The van der Waals surface area contributed by atoms with E-state index < -0.39 is 6.10 Å². The van der Waals surface area contributed by atoms with Crippen LogP contribution < -0.4 is 5.32 Å². The highest BCUT2D eigenvalue weighted by Crippen LogP contribution is 2.24. The van der Waals surface area contributed by atoms with Crippen LogP contribution in [0.3, 0.4) is 0 Å². The molecule has 31 heavy (non-hydrogen) atoms. The van der Waals surface area contributed by atoms with Crippen LogP contribution in [0.15, 0.2) is 91.0 Å². The summed E-state index contributed by atoms with van der Waals surface area (Å²) in [6, 6.07) is 29.8. The summed E-state index contributed by atoms with van der Waals surface area (Å²) in [6.07, 6.45) is -0.649. The topological polar surface area (TPSA) is 41.5 Å². The van der Waals surface area contributed by atoms with Gasteiger partial charge in [-0.2, -0.15) is 0 Å². The summed E-state index contributed by atoms with van der Waals surface area (Å²) in [6.45, 7) is 1.37. The van der Waals surface area contributed by atoms with E-state index in [-0.39, 0.29) is 19.0 Å². The van der Waals surface area contributed by atoms with E-state index >= 15 is 0 Å². The first kappa shape index (κ1) is 21.2. The molecule has 0 aliphatic heterocycles. The number of aliphatic hydroxyl groups excluding tert-OH is 1. The van der Waals surface area contributed by atoms with Crippen LogP contribution >= 0.6 is 0 Å². The van der Waals surface area contributed by atoms with Crippen LogP contribution in [0.5, 0.6) is 0 Å². The van der Waals surface area contributed by atoms with Gasteiger partial charge in [-0.1, -0.05) is 78.9 Å². The summed E-state index contributed by atoms with van der Waals surface area (Å²) in [7, 11) is 0. The van der Waals surface area contributed by atoms with Gasteiger partial charge in [0.05, 0.1) is 19.3 Å². The highest BCUT2D eigenvalue weighted by atomic mass is 19.1. The average molecular weight is 416 g/mol. The van der Waals surface area contributed by atoms with Crippen molar-refractivity contribution in [3.05, 3.63) is 108 Å². The Morgan fingerprint density at radius 3 is 2.32 bits per heavy atom. The molecule has 4 heteroatoms. The molecule has 1 unspecified atom stereocenters. The van der Waals surface area contributed by atoms with Gasteiger partial charge in [0.25, 0.3) is 0 Å². The third kappa shape index (κ3) is 5.76. The lowest BCUT2D eigenvalue weighted by molar-refractivity contribution is 0.0277. The largest absolute Gasteiger partial charge is 0.389 e. The Labute approximate surface area is 182 Å². The first-order valence-corrected chi connectivity index (χ1v) is 10.5. The van der Waals surface area contributed by atoms with Crippen molar-refractivity contribution < 1.29 is 14.2 Å². The Morgan fingerprint density at radius 1 is 0.806 bits per heavy atom. The second-order valence-electron chi connectivity index (χ2n) is 7.65. The van der Waals surface area contributed by atoms with Gasteiger partial charge in [0.1, 0.15) is 5.82 Å². The summed E-state index contributed by atoms with van der Waals surface area (Å²) >= 11 is 0. The van der Waals surface area contributed by atoms with Crippen molar-refractivity contribution >= 4 is 10.8 Å². The van der Waals surface area contributed by atoms with Gasteiger partial charge in [-0.3, -0.25) is 0 Å². The van der Waals surface area contributed by atoms with E-state index in [9.17, 15) is 9.50 Å². The van der Waals surface area contributed by atoms with Gasteiger partial charge in [0, 0.05) is 18.7 Å². The van der Waals surface area contributed by atoms with E-state index in [4.69, 9.17) is 4.74 Å². The quantitative estimate of drug-likeness (QED) is 0.389. The zero-order chi connectivity index (χ0) is 21.5. The van der Waals surface area contributed by atoms with Crippen LogP contribution in [0.4, 0.5) is 4.39 Å². The Morgan fingerprint density at radius 2 is 1.52 bits per heavy atom. The van der Waals surface area contributed by atoms with Crippen LogP contribution in [-0.2, 0) is 17.9 Å². The molecule has 4 aromatic rings. The normalized spacial score (nSPS) is 12.2. The fourth-order valence-corrected chi connectivity index (χ4v) is 3.55. The molecule has 0 radical (unpaired) electrons. The lowest BCUT2D eigenvalue weighted by Crippen LogP contribution is -2.30. The van der Waals surface area contributed by atoms with E-state index in [2.05, 4.69) is 72.0 Å². The van der Waals surface area contributed by atoms with Gasteiger partial charge >= 0.3 is 0 Å². The van der Waals surface area contributed by atoms with Crippen LogP contribution in [0.25, 0.3) is 21.9 Å². The molecule has 0 saturated heterocycles. The molecule has 0 amide bonds. The maximum Gasteiger partial charge on any atom is 0.128 e. The van der Waals surface area contributed by atoms with Crippen molar-refractivity contribution in [2.75, 3.05) is 13.2 Å². The first-order chi connectivity index (χ1) is 15.2. The molecule has 0 aromatic heterocycles. The molecule has 4 rings (SSSR count). The highest BCUT2D eigenvalue weighted by molar-refractivity contribution is 5.87. The molecule has 1 atom stereocenters. The number of aliphatic hydroxyl groups is 1. The minimum absolute atomic E-state index is 0.153. The monoisotopic (exact) mass is 415 g/mol. The van der Waals surface area contributed by atoms with Gasteiger partial charge in [0.15, 0.2) is 0 Å². The summed E-state index contributed by atoms with van der Waals surface area (Å²) in [5, 5.41) is 15.8. The fourth-order valence-electron chi connectivity index (χ4n) is 3.55. The molecule has 0 spiro atoms. The minimum atomic E-state index is -0.649. The summed E-state index contributed by atoms with van der Waals surface area (Å²) in [5.74, 6) is -0.290. The number of hydrogen-bond acceptors (Lipinski definition) is 3. The van der Waals surface area contributed by atoms with Crippen LogP contribution in [0.2, 0.25) is 0 Å². The van der Waals surface area contributed by atoms with Crippen LogP contribution in [0, 0.1) is 5.82 Å². The second-order valence-corrected chi connectivity index (χ2v) is 7.65. The molecule has 158 valence electrons. The van der Waals surface area contributed by atoms with Gasteiger partial charge < -0.3 is 15.2 Å². The maximum atomic E-state index is 13.6. The lowest BCUT2D eigenvalue weighted by atomic mass is 10.0. The predicted molar refractivity (Wildman–Crippen MR) is 123 cm³/mol. The molecule has 4 aromatic carbocycles. The predicted octanol–water partition coefficient (Wildman–Crippen LogP) is 5.31. The number of fused-ring (bicyclic) bond motifs is 1. The Hall–Kier alpha value is -3.05. The summed E-state index contributed by atoms with van der Waals surface area (Å²) < 4.78 is 19.0. The zero-order valence-electron chi connectivity index (χ0n) is 17.3. The van der Waals surface area contributed by atoms with Gasteiger partial charge in [-0.25, -0.2) is 4.39 Å². The molecule has 2 N–H and O–H groups in total. The third-order valence-electron chi connectivity index (χ3n) is 5.27. The van der Waals surface area contributed by atoms with Crippen molar-refractivity contribution in [1.29, 1.82) is 0 Å². The van der Waals surface area contributed by atoms with Gasteiger partial charge in [0.2, 0.25) is 0 Å². The molecule has 3 nitrogen and oxygen atoms in total. The number of halogens is 1. The Bertz CT molecular complexity index is 1130. The zero-order valence-corrected chi connectivity index (χ0v) is 17.3. The number of hydrogen-bond donors (Lipinski definition) is 2. The van der Waals surface area contributed by atoms with Crippen molar-refractivity contribution in [2.24, 2.45) is 0 Å². The van der Waals surface area contributed by atoms with E-state index in [1.54, 1.807) is 18.2 Å². The van der Waals surface area contributed by atoms with Crippen LogP contribution in [-0.4, -0.2) is 24.4 Å². The van der Waals surface area contributed by atoms with Crippen LogP contribution in [0.1, 0.15) is 11.1 Å². The van der Waals surface area contributed by atoms with Crippen molar-refractivity contribution in [3.8, 4) is 11.1 Å². The van der Waals surface area contributed by atoms with E-state index in [0.29, 0.717) is 18.7 Å². The number of rotatable bonds is 9. The number of nitrogens with one attached hydrogen (secondary N) is 1. The molecule has 0 aliphatic carbocycles. The molecular formula is C27H26FNO2. The minimum Gasteiger partial charge on any atom is -0.389 e. The smallest absolute Gasteiger partial charge is 0.128 e. The van der Waals surface area contributed by atoms with Crippen molar-refractivity contribution in [1.82, 2.24) is 5.32 Å². The van der Waals surface area contributed by atoms with Gasteiger partial charge in [-0.15, -0.1) is 0 Å². The van der Waals surface area contributed by atoms with E-state index in [0.717, 1.165) is 5.56 Å². The summed E-state index contributed by atoms with van der Waals surface area (Å²) in [4.78, 5) is 0. The number of benzene rings is 4. The average Bonchev–Trinajstić information content (AvgIpc) is 2.80. The molecule has 0 aliphatic rings. The molecule has 0 fully saturated rings. The fraction of sp³-hybridized carbons (Fsp3) is 0.185. The maximum absolute atomic E-state index is 13.6.